The van der Waals surface area contributed by atoms with E-state index in [1.54, 1.807) is 28.1 Å². The van der Waals surface area contributed by atoms with Crippen LogP contribution >= 0.6 is 0 Å². The summed E-state index contributed by atoms with van der Waals surface area (Å²) in [6, 6.07) is 24.2. The van der Waals surface area contributed by atoms with Gasteiger partial charge in [0.05, 0.1) is 35.7 Å². The van der Waals surface area contributed by atoms with E-state index in [4.69, 9.17) is 10.1 Å². The molecule has 3 aromatic carbocycles. The molecule has 0 aliphatic carbocycles. The maximum atomic E-state index is 13.4. The summed E-state index contributed by atoms with van der Waals surface area (Å²) < 4.78 is 1.96. The number of benzene rings is 3. The lowest BCUT2D eigenvalue weighted by atomic mass is 9.96. The Kier molecular flexibility index (Phi) is 8.91. The molecule has 6 aromatic rings. The molecular formula is C44H38N8O5. The Bertz CT molecular complexity index is 2670. The molecule has 5 amide bonds. The summed E-state index contributed by atoms with van der Waals surface area (Å²) in [5.74, 6) is -1.22. The van der Waals surface area contributed by atoms with Crippen molar-refractivity contribution in [2.24, 2.45) is 0 Å². The van der Waals surface area contributed by atoms with E-state index < -0.39 is 11.9 Å². The van der Waals surface area contributed by atoms with Crippen LogP contribution in [0.5, 0.6) is 0 Å². The van der Waals surface area contributed by atoms with Crippen LogP contribution in [0.15, 0.2) is 91.3 Å². The van der Waals surface area contributed by atoms with Crippen molar-refractivity contribution in [3.8, 4) is 28.1 Å². The highest BCUT2D eigenvalue weighted by atomic mass is 16.2. The van der Waals surface area contributed by atoms with Gasteiger partial charge in [-0.15, -0.1) is 0 Å². The van der Waals surface area contributed by atoms with Crippen LogP contribution in [0.4, 0.5) is 0 Å². The molecule has 1 saturated heterocycles. The number of aromatic nitrogens is 4. The van der Waals surface area contributed by atoms with Crippen molar-refractivity contribution < 1.29 is 24.0 Å². The third-order valence-corrected chi connectivity index (χ3v) is 11.2. The zero-order valence-corrected chi connectivity index (χ0v) is 31.4. The molecule has 3 aliphatic rings. The molecule has 3 aliphatic heterocycles. The van der Waals surface area contributed by atoms with Gasteiger partial charge in [-0.1, -0.05) is 49.4 Å². The Hall–Kier alpha value is -7.02. The van der Waals surface area contributed by atoms with Crippen LogP contribution in [-0.4, -0.2) is 72.2 Å². The van der Waals surface area contributed by atoms with Gasteiger partial charge in [0.2, 0.25) is 17.7 Å². The van der Waals surface area contributed by atoms with E-state index in [0.717, 1.165) is 67.6 Å². The Morgan fingerprint density at radius 1 is 0.877 bits per heavy atom. The molecule has 1 atom stereocenters. The maximum absolute atomic E-state index is 13.4. The van der Waals surface area contributed by atoms with E-state index in [2.05, 4.69) is 22.5 Å². The first-order valence-corrected chi connectivity index (χ1v) is 19.0. The lowest BCUT2D eigenvalue weighted by molar-refractivity contribution is -0.137. The van der Waals surface area contributed by atoms with E-state index in [1.807, 2.05) is 84.7 Å². The third-order valence-electron chi connectivity index (χ3n) is 11.2. The predicted octanol–water partition coefficient (Wildman–Crippen LogP) is 4.92. The fourth-order valence-corrected chi connectivity index (χ4v) is 8.14. The standard InChI is InChI=1S/C44H38N8O5/c1-3-34-31-19-41(54)50(2)24-39(31)52(49-34)37-12-5-9-27-18-36(46-22-32(27)37)28-13-14-35(45-21-28)42(55)47-20-25-7-4-8-26(17-25)29-10-6-11-30-33(29)23-51(44(30)57)38-15-16-40(53)48-43(38)56/h4-14,17-18,21-22,38H,3,15-16,19-20,23-24H2,1-2H3,(H,47,55)(H,48,53,56). The molecular weight excluding hydrogens is 721 g/mol. The molecule has 0 spiro atoms. The number of rotatable bonds is 8. The Morgan fingerprint density at radius 2 is 1.70 bits per heavy atom. The van der Waals surface area contributed by atoms with E-state index in [-0.39, 0.29) is 48.8 Å². The van der Waals surface area contributed by atoms with Gasteiger partial charge in [0.1, 0.15) is 11.7 Å². The lowest BCUT2D eigenvalue weighted by Crippen LogP contribution is -2.52. The minimum absolute atomic E-state index is 0.0961. The minimum Gasteiger partial charge on any atom is -0.347 e. The zero-order chi connectivity index (χ0) is 39.4. The number of piperidine rings is 1. The number of fused-ring (bicyclic) bond motifs is 3. The van der Waals surface area contributed by atoms with Gasteiger partial charge in [-0.2, -0.15) is 5.10 Å². The summed E-state index contributed by atoms with van der Waals surface area (Å²) in [4.78, 5) is 75.9. The second kappa shape index (κ2) is 14.2. The number of carbonyl (C=O) groups is 5. The van der Waals surface area contributed by atoms with Crippen LogP contribution in [-0.2, 0) is 46.9 Å². The van der Waals surface area contributed by atoms with E-state index in [9.17, 15) is 24.0 Å². The van der Waals surface area contributed by atoms with E-state index >= 15 is 0 Å². The monoisotopic (exact) mass is 758 g/mol. The Morgan fingerprint density at radius 3 is 2.51 bits per heavy atom. The second-order valence-corrected chi connectivity index (χ2v) is 14.7. The van der Waals surface area contributed by atoms with Crippen LogP contribution in [0, 0.1) is 0 Å². The number of aryl methyl sites for hydroxylation is 1. The highest BCUT2D eigenvalue weighted by molar-refractivity contribution is 6.06. The van der Waals surface area contributed by atoms with Gasteiger partial charge in [0.25, 0.3) is 11.8 Å². The molecule has 2 N–H and O–H groups in total. The molecule has 0 bridgehead atoms. The molecule has 13 heteroatoms. The molecule has 3 aromatic heterocycles. The number of imide groups is 1. The van der Waals surface area contributed by atoms with Crippen molar-refractivity contribution in [2.45, 2.75) is 58.3 Å². The molecule has 6 heterocycles. The number of amides is 5. The topological polar surface area (TPSA) is 159 Å². The van der Waals surface area contributed by atoms with Crippen molar-refractivity contribution >= 4 is 40.3 Å². The van der Waals surface area contributed by atoms with Crippen molar-refractivity contribution in [3.05, 3.63) is 131 Å². The zero-order valence-electron chi connectivity index (χ0n) is 31.4. The highest BCUT2D eigenvalue weighted by Gasteiger charge is 2.40. The van der Waals surface area contributed by atoms with Crippen LogP contribution < -0.4 is 10.6 Å². The molecule has 1 fully saturated rings. The third kappa shape index (κ3) is 6.40. The van der Waals surface area contributed by atoms with Gasteiger partial charge in [-0.25, -0.2) is 4.68 Å². The molecule has 9 rings (SSSR count). The molecule has 0 saturated carbocycles. The van der Waals surface area contributed by atoms with Gasteiger partial charge >= 0.3 is 0 Å². The van der Waals surface area contributed by atoms with E-state index in [1.165, 1.54) is 0 Å². The number of nitrogens with one attached hydrogen (secondary N) is 2. The summed E-state index contributed by atoms with van der Waals surface area (Å²) in [5.41, 5.74) is 9.61. The number of likely N-dealkylation sites (N-methyl/N-ethyl adjacent to an activating group) is 1. The predicted molar refractivity (Wildman–Crippen MR) is 211 cm³/mol. The Labute approximate surface area is 327 Å². The van der Waals surface area contributed by atoms with Crippen molar-refractivity contribution in [2.75, 3.05) is 7.05 Å². The summed E-state index contributed by atoms with van der Waals surface area (Å²) >= 11 is 0. The van der Waals surface area contributed by atoms with Gasteiger partial charge in [-0.3, -0.25) is 39.3 Å². The number of hydrogen-bond donors (Lipinski definition) is 2. The summed E-state index contributed by atoms with van der Waals surface area (Å²) in [5, 5.41) is 12.2. The molecule has 284 valence electrons. The first-order valence-electron chi connectivity index (χ1n) is 19.0. The number of hydrogen-bond acceptors (Lipinski definition) is 8. The lowest BCUT2D eigenvalue weighted by Gasteiger charge is -2.29. The number of pyridine rings is 2. The minimum atomic E-state index is -0.692. The first kappa shape index (κ1) is 35.7. The van der Waals surface area contributed by atoms with Crippen molar-refractivity contribution in [1.82, 2.24) is 40.2 Å². The largest absolute Gasteiger partial charge is 0.347 e. The average Bonchev–Trinajstić information content (AvgIpc) is 3.76. The fourth-order valence-electron chi connectivity index (χ4n) is 8.14. The SMILES string of the molecule is CCc1nn(-c2cccc3cc(-c4ccc(C(=O)NCc5cccc(-c6cccc7c6CN(C6CCC(=O)NC6=O)C7=O)c5)nc4)ncc23)c2c1CC(=O)N(C)C2. The van der Waals surface area contributed by atoms with Crippen molar-refractivity contribution in [3.63, 3.8) is 0 Å². The number of nitrogens with zero attached hydrogens (tertiary/aromatic N) is 6. The van der Waals surface area contributed by atoms with Gasteiger partial charge in [-0.05, 0) is 76.9 Å². The normalized spacial score (nSPS) is 16.5. The smallest absolute Gasteiger partial charge is 0.270 e. The van der Waals surface area contributed by atoms with Gasteiger partial charge < -0.3 is 15.1 Å². The molecule has 1 unspecified atom stereocenters. The molecule has 57 heavy (non-hydrogen) atoms. The average molecular weight is 759 g/mol. The maximum Gasteiger partial charge on any atom is 0.270 e. The summed E-state index contributed by atoms with van der Waals surface area (Å²) in [7, 11) is 1.82. The van der Waals surface area contributed by atoms with Crippen LogP contribution in [0.3, 0.4) is 0 Å². The summed E-state index contributed by atoms with van der Waals surface area (Å²) in [6.45, 7) is 3.07. The van der Waals surface area contributed by atoms with Crippen LogP contribution in [0.1, 0.15) is 68.7 Å². The van der Waals surface area contributed by atoms with Gasteiger partial charge in [0, 0.05) is 61.0 Å². The van der Waals surface area contributed by atoms with Crippen molar-refractivity contribution in [1.29, 1.82) is 0 Å². The molecule has 13 nitrogen and oxygen atoms in total. The second-order valence-electron chi connectivity index (χ2n) is 14.7. The summed E-state index contributed by atoms with van der Waals surface area (Å²) in [6.07, 6.45) is 5.07. The van der Waals surface area contributed by atoms with Crippen LogP contribution in [0.2, 0.25) is 0 Å². The first-order chi connectivity index (χ1) is 27.7. The van der Waals surface area contributed by atoms with Crippen LogP contribution in [0.25, 0.3) is 38.8 Å². The quantitative estimate of drug-likeness (QED) is 0.207. The molecule has 0 radical (unpaired) electrons. The Balaban J connectivity index is 0.889. The fraction of sp³-hybridized carbons (Fsp3) is 0.227. The number of carbonyl (C=O) groups excluding carboxylic acids is 5. The van der Waals surface area contributed by atoms with E-state index in [0.29, 0.717) is 30.6 Å². The highest BCUT2D eigenvalue weighted by Crippen LogP contribution is 2.35. The van der Waals surface area contributed by atoms with Gasteiger partial charge in [0.15, 0.2) is 0 Å².